The van der Waals surface area contributed by atoms with Crippen LogP contribution in [0.5, 0.6) is 0 Å². The van der Waals surface area contributed by atoms with Crippen LogP contribution < -0.4 is 16.0 Å². The predicted octanol–water partition coefficient (Wildman–Crippen LogP) is 1.77. The first-order valence-corrected chi connectivity index (χ1v) is 10.6. The summed E-state index contributed by atoms with van der Waals surface area (Å²) in [4.78, 5) is 40.5. The van der Waals surface area contributed by atoms with E-state index in [0.717, 1.165) is 0 Å². The number of carbonyl (C=O) groups is 2. The van der Waals surface area contributed by atoms with Gasteiger partial charge in [-0.1, -0.05) is 18.2 Å². The van der Waals surface area contributed by atoms with Crippen LogP contribution in [0.25, 0.3) is 0 Å². The van der Waals surface area contributed by atoms with Gasteiger partial charge in [-0.25, -0.2) is 23.4 Å². The second-order valence-electron chi connectivity index (χ2n) is 7.09. The van der Waals surface area contributed by atoms with E-state index in [1.165, 1.54) is 32.3 Å². The van der Waals surface area contributed by atoms with Crippen LogP contribution in [0.3, 0.4) is 0 Å². The van der Waals surface area contributed by atoms with Crippen LogP contribution in [-0.4, -0.2) is 44.9 Å². The minimum Gasteiger partial charge on any atom is -0.309 e. The summed E-state index contributed by atoms with van der Waals surface area (Å²) in [7, 11) is -3.90. The van der Waals surface area contributed by atoms with Crippen molar-refractivity contribution in [1.29, 1.82) is 0 Å². The largest absolute Gasteiger partial charge is 0.309 e. The highest BCUT2D eigenvalue weighted by atomic mass is 32.2. The van der Waals surface area contributed by atoms with Crippen LogP contribution in [0.4, 0.5) is 23.5 Å². The zero-order valence-corrected chi connectivity index (χ0v) is 17.3. The molecule has 31 heavy (non-hydrogen) atoms. The van der Waals surface area contributed by atoms with Crippen molar-refractivity contribution in [3.05, 3.63) is 54.4 Å². The van der Waals surface area contributed by atoms with Crippen LogP contribution >= 0.6 is 0 Å². The van der Waals surface area contributed by atoms with E-state index in [1.54, 1.807) is 30.3 Å². The number of rotatable bonds is 4. The van der Waals surface area contributed by atoms with Crippen LogP contribution in [0, 0.1) is 0 Å². The molecule has 0 unspecified atom stereocenters. The number of benzene rings is 1. The van der Waals surface area contributed by atoms with Gasteiger partial charge >= 0.3 is 0 Å². The van der Waals surface area contributed by atoms with Crippen molar-refractivity contribution in [1.82, 2.24) is 19.9 Å². The molecule has 12 heteroatoms. The monoisotopic (exact) mass is 439 g/mol. The molecule has 0 saturated carbocycles. The van der Waals surface area contributed by atoms with Crippen LogP contribution in [0.2, 0.25) is 0 Å². The van der Waals surface area contributed by atoms with Crippen LogP contribution in [0.1, 0.15) is 24.2 Å². The van der Waals surface area contributed by atoms with Crippen molar-refractivity contribution >= 4 is 45.2 Å². The molecule has 0 saturated heterocycles. The van der Waals surface area contributed by atoms with Gasteiger partial charge in [0, 0.05) is 5.56 Å². The minimum atomic E-state index is -3.90. The number of carbonyl (C=O) groups excluding carboxylic acids is 2. The lowest BCUT2D eigenvalue weighted by Crippen LogP contribution is -2.48. The summed E-state index contributed by atoms with van der Waals surface area (Å²) < 4.78 is 23.8. The fourth-order valence-electron chi connectivity index (χ4n) is 2.77. The molecule has 0 atom stereocenters. The molecule has 3 aromatic rings. The van der Waals surface area contributed by atoms with Crippen molar-refractivity contribution in [2.24, 2.45) is 0 Å². The zero-order valence-electron chi connectivity index (χ0n) is 16.4. The van der Waals surface area contributed by atoms with Gasteiger partial charge in [0.1, 0.15) is 21.8 Å². The third-order valence-corrected chi connectivity index (χ3v) is 7.11. The number of nitrogens with zero attached hydrogens (tertiary/aromatic N) is 4. The van der Waals surface area contributed by atoms with Crippen molar-refractivity contribution in [2.45, 2.75) is 23.5 Å². The molecule has 2 aromatic heterocycles. The van der Waals surface area contributed by atoms with Gasteiger partial charge in [0.05, 0.1) is 0 Å². The Bertz CT molecular complexity index is 1290. The van der Waals surface area contributed by atoms with E-state index in [0.29, 0.717) is 5.56 Å². The lowest BCUT2D eigenvalue weighted by Gasteiger charge is -2.29. The average molecular weight is 439 g/mol. The van der Waals surface area contributed by atoms with Gasteiger partial charge in [0.2, 0.25) is 17.8 Å². The van der Waals surface area contributed by atoms with E-state index in [-0.39, 0.29) is 34.3 Å². The van der Waals surface area contributed by atoms with Gasteiger partial charge in [0.15, 0.2) is 15.7 Å². The smallest absolute Gasteiger partial charge is 0.258 e. The van der Waals surface area contributed by atoms with E-state index >= 15 is 0 Å². The van der Waals surface area contributed by atoms with Gasteiger partial charge in [0.25, 0.3) is 5.91 Å². The molecule has 1 aliphatic rings. The normalized spacial score (nSPS) is 16.0. The lowest BCUT2D eigenvalue weighted by molar-refractivity contribution is -0.118. The fraction of sp³-hybridized carbons (Fsp3) is 0.158. The Hall–Kier alpha value is -3.93. The topological polar surface area (TPSA) is 156 Å². The van der Waals surface area contributed by atoms with E-state index in [4.69, 9.17) is 0 Å². The molecule has 0 bridgehead atoms. The van der Waals surface area contributed by atoms with Gasteiger partial charge in [-0.05, 0) is 38.1 Å². The second-order valence-corrected chi connectivity index (χ2v) is 9.56. The summed E-state index contributed by atoms with van der Waals surface area (Å²) >= 11 is 0. The molecule has 1 aromatic carbocycles. The van der Waals surface area contributed by atoms with Crippen LogP contribution in [0.15, 0.2) is 53.7 Å². The molecule has 2 amide bonds. The third kappa shape index (κ3) is 3.68. The maximum absolute atomic E-state index is 12.7. The first-order valence-electron chi connectivity index (χ1n) is 9.08. The first kappa shape index (κ1) is 20.3. The number of fused-ring (bicyclic) bond motifs is 1. The number of pyridine rings is 1. The number of hydrogen-bond acceptors (Lipinski definition) is 9. The Labute approximate surface area is 177 Å². The number of hydrogen-bond donors (Lipinski definition) is 3. The molecule has 0 spiro atoms. The quantitative estimate of drug-likeness (QED) is 0.551. The standard InChI is InChI=1S/C19H17N7O4S/c1-19(2)16(28)24-14-12(31(19,29)30)8-9-13(22-14)23-17-20-10-21-18(26-17)25-15(27)11-6-4-3-5-7-11/h3-10H,1-2H3,(H3,20,21,22,23,24,25,26,27,28). The Morgan fingerprint density at radius 1 is 1.00 bits per heavy atom. The summed E-state index contributed by atoms with van der Waals surface area (Å²) in [5, 5.41) is 7.87. The SMILES string of the molecule is CC1(C)C(=O)Nc2nc(Nc3ncnc(NC(=O)c4ccccc4)n3)ccc2S1(=O)=O. The number of amides is 2. The van der Waals surface area contributed by atoms with E-state index in [9.17, 15) is 18.0 Å². The summed E-state index contributed by atoms with van der Waals surface area (Å²) in [6.07, 6.45) is 1.20. The van der Waals surface area contributed by atoms with E-state index in [2.05, 4.69) is 35.9 Å². The number of aromatic nitrogens is 4. The molecular formula is C19H17N7O4S. The maximum Gasteiger partial charge on any atom is 0.258 e. The Kier molecular flexibility index (Phi) is 4.85. The Balaban J connectivity index is 1.56. The lowest BCUT2D eigenvalue weighted by atomic mass is 10.2. The summed E-state index contributed by atoms with van der Waals surface area (Å²) in [6.45, 7) is 2.67. The van der Waals surface area contributed by atoms with Gasteiger partial charge in [-0.15, -0.1) is 0 Å². The number of nitrogens with one attached hydrogen (secondary N) is 3. The van der Waals surface area contributed by atoms with Crippen LogP contribution in [-0.2, 0) is 14.6 Å². The van der Waals surface area contributed by atoms with E-state index in [1.807, 2.05) is 0 Å². The summed E-state index contributed by atoms with van der Waals surface area (Å²) in [6, 6.07) is 11.3. The van der Waals surface area contributed by atoms with E-state index < -0.39 is 20.5 Å². The molecule has 0 radical (unpaired) electrons. The molecular weight excluding hydrogens is 422 g/mol. The molecule has 158 valence electrons. The third-order valence-electron chi connectivity index (χ3n) is 4.67. The highest BCUT2D eigenvalue weighted by Gasteiger charge is 2.48. The number of anilines is 4. The molecule has 1 aliphatic heterocycles. The first-order chi connectivity index (χ1) is 14.7. The minimum absolute atomic E-state index is 0.0157. The molecule has 11 nitrogen and oxygen atoms in total. The molecule has 0 fully saturated rings. The predicted molar refractivity (Wildman–Crippen MR) is 112 cm³/mol. The van der Waals surface area contributed by atoms with Gasteiger partial charge in [-0.3, -0.25) is 14.9 Å². The second kappa shape index (κ2) is 7.40. The summed E-state index contributed by atoms with van der Waals surface area (Å²) in [5.41, 5.74) is 0.439. The fourth-order valence-corrected chi connectivity index (χ4v) is 4.22. The Morgan fingerprint density at radius 3 is 2.45 bits per heavy atom. The molecule has 4 rings (SSSR count). The molecule has 0 aliphatic carbocycles. The number of sulfone groups is 1. The van der Waals surface area contributed by atoms with Crippen molar-refractivity contribution in [3.8, 4) is 0 Å². The van der Waals surface area contributed by atoms with Crippen molar-refractivity contribution < 1.29 is 18.0 Å². The molecule has 3 heterocycles. The maximum atomic E-state index is 12.7. The molecule has 3 N–H and O–H groups in total. The zero-order chi connectivity index (χ0) is 22.2. The van der Waals surface area contributed by atoms with Gasteiger partial charge < -0.3 is 10.6 Å². The average Bonchev–Trinajstić information content (AvgIpc) is 2.73. The van der Waals surface area contributed by atoms with Crippen molar-refractivity contribution in [3.63, 3.8) is 0 Å². The highest BCUT2D eigenvalue weighted by molar-refractivity contribution is 7.94. The Morgan fingerprint density at radius 2 is 1.71 bits per heavy atom. The summed E-state index contributed by atoms with van der Waals surface area (Å²) in [5.74, 6) is -0.865. The van der Waals surface area contributed by atoms with Gasteiger partial charge in [-0.2, -0.15) is 4.98 Å². The van der Waals surface area contributed by atoms with Crippen molar-refractivity contribution in [2.75, 3.05) is 16.0 Å². The highest BCUT2D eigenvalue weighted by Crippen LogP contribution is 2.36.